The van der Waals surface area contributed by atoms with E-state index in [9.17, 15) is 4.79 Å². The average molecular weight is 367 g/mol. The van der Waals surface area contributed by atoms with E-state index in [4.69, 9.17) is 0 Å². The lowest BCUT2D eigenvalue weighted by Gasteiger charge is -2.27. The molecule has 0 bridgehead atoms. The fourth-order valence-electron chi connectivity index (χ4n) is 3.59. The molecule has 1 heterocycles. The Morgan fingerprint density at radius 2 is 1.85 bits per heavy atom. The van der Waals surface area contributed by atoms with Crippen molar-refractivity contribution in [2.24, 2.45) is 0 Å². The fourth-order valence-corrected chi connectivity index (χ4v) is 3.59. The van der Waals surface area contributed by atoms with Crippen molar-refractivity contribution in [3.63, 3.8) is 0 Å². The van der Waals surface area contributed by atoms with Crippen LogP contribution in [0, 0.1) is 6.92 Å². The van der Waals surface area contributed by atoms with Crippen LogP contribution in [0.5, 0.6) is 0 Å². The van der Waals surface area contributed by atoms with Crippen LogP contribution in [-0.4, -0.2) is 32.9 Å². The molecule has 1 amide bonds. The quantitative estimate of drug-likeness (QED) is 0.813. The molecule has 5 nitrogen and oxygen atoms in total. The topological polar surface area (TPSA) is 58.1 Å². The number of rotatable bonds is 6. The van der Waals surface area contributed by atoms with E-state index in [1.54, 1.807) is 6.07 Å². The predicted octanol–water partition coefficient (Wildman–Crippen LogP) is 4.58. The highest BCUT2D eigenvalue weighted by molar-refractivity contribution is 5.92. The molecular weight excluding hydrogens is 336 g/mol. The third-order valence-corrected chi connectivity index (χ3v) is 5.09. The minimum absolute atomic E-state index is 0.0500. The van der Waals surface area contributed by atoms with E-state index in [0.717, 1.165) is 24.1 Å². The zero-order valence-corrected chi connectivity index (χ0v) is 16.6. The molecule has 2 aromatic rings. The van der Waals surface area contributed by atoms with Crippen LogP contribution in [0.15, 0.2) is 36.4 Å². The zero-order chi connectivity index (χ0) is 19.2. The summed E-state index contributed by atoms with van der Waals surface area (Å²) in [5.41, 5.74) is 2.39. The van der Waals surface area contributed by atoms with Gasteiger partial charge in [0.15, 0.2) is 0 Å². The highest BCUT2D eigenvalue weighted by Gasteiger charge is 2.22. The highest BCUT2D eigenvalue weighted by atomic mass is 16.2. The number of anilines is 1. The number of nitrogens with zero attached hydrogens (tertiary/aromatic N) is 3. The summed E-state index contributed by atoms with van der Waals surface area (Å²) < 4.78 is 0. The molecule has 1 N–H and O–H groups in total. The van der Waals surface area contributed by atoms with Crippen molar-refractivity contribution in [2.75, 3.05) is 5.32 Å². The molecule has 1 aliphatic rings. The molecule has 1 fully saturated rings. The molecular formula is C22H30N4O. The maximum Gasteiger partial charge on any atom is 0.273 e. The summed E-state index contributed by atoms with van der Waals surface area (Å²) in [4.78, 5) is 24.1. The van der Waals surface area contributed by atoms with Crippen LogP contribution < -0.4 is 5.32 Å². The van der Waals surface area contributed by atoms with Crippen molar-refractivity contribution < 1.29 is 4.79 Å². The molecule has 0 radical (unpaired) electrons. The summed E-state index contributed by atoms with van der Waals surface area (Å²) in [7, 11) is 0. The van der Waals surface area contributed by atoms with Gasteiger partial charge >= 0.3 is 0 Å². The molecule has 0 spiro atoms. The van der Waals surface area contributed by atoms with Crippen LogP contribution in [-0.2, 0) is 6.54 Å². The van der Waals surface area contributed by atoms with Crippen molar-refractivity contribution >= 4 is 11.9 Å². The third kappa shape index (κ3) is 5.28. The van der Waals surface area contributed by atoms with Gasteiger partial charge in [-0.2, -0.15) is 0 Å². The Hall–Kier alpha value is -2.43. The number of benzene rings is 1. The summed E-state index contributed by atoms with van der Waals surface area (Å²) in [5.74, 6) is 0.528. The third-order valence-electron chi connectivity index (χ3n) is 5.09. The van der Waals surface area contributed by atoms with Gasteiger partial charge in [-0.05, 0) is 45.2 Å². The second-order valence-corrected chi connectivity index (χ2v) is 7.71. The minimum Gasteiger partial charge on any atom is -0.351 e. The molecule has 1 aromatic heterocycles. The lowest BCUT2D eigenvalue weighted by Crippen LogP contribution is -2.37. The highest BCUT2D eigenvalue weighted by Crippen LogP contribution is 2.21. The molecule has 0 unspecified atom stereocenters. The van der Waals surface area contributed by atoms with Gasteiger partial charge in [-0.15, -0.1) is 0 Å². The van der Waals surface area contributed by atoms with Crippen molar-refractivity contribution in [3.05, 3.63) is 53.3 Å². The molecule has 0 aliphatic heterocycles. The van der Waals surface area contributed by atoms with Crippen molar-refractivity contribution in [3.8, 4) is 0 Å². The molecule has 27 heavy (non-hydrogen) atoms. The van der Waals surface area contributed by atoms with E-state index in [-0.39, 0.29) is 11.9 Å². The lowest BCUT2D eigenvalue weighted by atomic mass is 9.96. The van der Waals surface area contributed by atoms with Crippen LogP contribution in [0.3, 0.4) is 0 Å². The zero-order valence-electron chi connectivity index (χ0n) is 16.6. The maximum atomic E-state index is 13.2. The van der Waals surface area contributed by atoms with Gasteiger partial charge in [0, 0.05) is 24.3 Å². The Morgan fingerprint density at radius 1 is 1.15 bits per heavy atom. The number of carbonyl (C=O) groups excluding carboxylic acids is 1. The van der Waals surface area contributed by atoms with Gasteiger partial charge in [0.2, 0.25) is 5.95 Å². The van der Waals surface area contributed by atoms with E-state index in [1.807, 2.05) is 56.0 Å². The SMILES string of the molecule is Cc1cc(C(=O)N(Cc2ccccc2)C(C)C)nc(NC2CCCCC2)n1. The number of aryl methyl sites for hydroxylation is 1. The largest absolute Gasteiger partial charge is 0.351 e. The second kappa shape index (κ2) is 8.98. The van der Waals surface area contributed by atoms with Crippen molar-refractivity contribution in [2.45, 2.75) is 71.5 Å². The summed E-state index contributed by atoms with van der Waals surface area (Å²) in [6.45, 7) is 6.57. The Morgan fingerprint density at radius 3 is 2.52 bits per heavy atom. The summed E-state index contributed by atoms with van der Waals surface area (Å²) >= 11 is 0. The predicted molar refractivity (Wildman–Crippen MR) is 109 cm³/mol. The van der Waals surface area contributed by atoms with Crippen molar-refractivity contribution in [1.29, 1.82) is 0 Å². The molecule has 0 saturated heterocycles. The van der Waals surface area contributed by atoms with Crippen LogP contribution in [0.25, 0.3) is 0 Å². The number of hydrogen-bond acceptors (Lipinski definition) is 4. The first-order valence-corrected chi connectivity index (χ1v) is 10.00. The standard InChI is InChI=1S/C22H30N4O/c1-16(2)26(15-18-10-6-4-7-11-18)21(27)20-14-17(3)23-22(25-20)24-19-12-8-5-9-13-19/h4,6-7,10-11,14,16,19H,5,8-9,12-13,15H2,1-3H3,(H,23,24,25). The van der Waals surface area contributed by atoms with Crippen LogP contribution in [0.2, 0.25) is 0 Å². The van der Waals surface area contributed by atoms with E-state index in [1.165, 1.54) is 19.3 Å². The normalized spacial score (nSPS) is 15.0. The maximum absolute atomic E-state index is 13.2. The minimum atomic E-state index is -0.0500. The molecule has 3 rings (SSSR count). The molecule has 1 aliphatic carbocycles. The van der Waals surface area contributed by atoms with Gasteiger partial charge in [-0.25, -0.2) is 9.97 Å². The van der Waals surface area contributed by atoms with Crippen molar-refractivity contribution in [1.82, 2.24) is 14.9 Å². The number of nitrogens with one attached hydrogen (secondary N) is 1. The molecule has 144 valence electrons. The Bertz CT molecular complexity index is 754. The van der Waals surface area contributed by atoms with Gasteiger partial charge < -0.3 is 10.2 Å². The molecule has 5 heteroatoms. The van der Waals surface area contributed by atoms with E-state index < -0.39 is 0 Å². The Balaban J connectivity index is 1.79. The lowest BCUT2D eigenvalue weighted by molar-refractivity contribution is 0.0684. The fraction of sp³-hybridized carbons (Fsp3) is 0.500. The number of amides is 1. The van der Waals surface area contributed by atoms with Gasteiger partial charge in [-0.3, -0.25) is 4.79 Å². The number of carbonyl (C=O) groups is 1. The van der Waals surface area contributed by atoms with E-state index in [0.29, 0.717) is 24.2 Å². The first-order valence-electron chi connectivity index (χ1n) is 10.00. The number of hydrogen-bond donors (Lipinski definition) is 1. The smallest absolute Gasteiger partial charge is 0.273 e. The number of aromatic nitrogens is 2. The van der Waals surface area contributed by atoms with E-state index >= 15 is 0 Å². The van der Waals surface area contributed by atoms with Gasteiger partial charge in [0.25, 0.3) is 5.91 Å². The second-order valence-electron chi connectivity index (χ2n) is 7.71. The van der Waals surface area contributed by atoms with Gasteiger partial charge in [0.05, 0.1) is 0 Å². The average Bonchev–Trinajstić information content (AvgIpc) is 2.66. The molecule has 1 aromatic carbocycles. The van der Waals surface area contributed by atoms with E-state index in [2.05, 4.69) is 15.3 Å². The van der Waals surface area contributed by atoms with Crippen LogP contribution >= 0.6 is 0 Å². The molecule has 0 atom stereocenters. The van der Waals surface area contributed by atoms with Crippen LogP contribution in [0.1, 0.15) is 67.7 Å². The summed E-state index contributed by atoms with van der Waals surface area (Å²) in [6, 6.07) is 12.4. The summed E-state index contributed by atoms with van der Waals surface area (Å²) in [5, 5.41) is 3.44. The van der Waals surface area contributed by atoms with Gasteiger partial charge in [0.1, 0.15) is 5.69 Å². The summed E-state index contributed by atoms with van der Waals surface area (Å²) in [6.07, 6.45) is 6.08. The van der Waals surface area contributed by atoms with Crippen LogP contribution in [0.4, 0.5) is 5.95 Å². The Labute approximate surface area is 162 Å². The first kappa shape index (κ1) is 19.3. The van der Waals surface area contributed by atoms with Gasteiger partial charge in [-0.1, -0.05) is 49.6 Å². The molecule has 1 saturated carbocycles. The Kier molecular flexibility index (Phi) is 6.43. The monoisotopic (exact) mass is 366 g/mol. The first-order chi connectivity index (χ1) is 13.0.